The number of benzene rings is 1. The van der Waals surface area contributed by atoms with Crippen LogP contribution in [0.2, 0.25) is 0 Å². The van der Waals surface area contributed by atoms with Crippen LogP contribution in [0.5, 0.6) is 0 Å². The number of para-hydroxylation sites is 1. The highest BCUT2D eigenvalue weighted by Gasteiger charge is 2.22. The van der Waals surface area contributed by atoms with Crippen molar-refractivity contribution < 1.29 is 12.8 Å². The Kier molecular flexibility index (Phi) is 4.95. The molecule has 0 saturated carbocycles. The third-order valence-electron chi connectivity index (χ3n) is 3.42. The van der Waals surface area contributed by atoms with E-state index in [1.54, 1.807) is 18.2 Å². The van der Waals surface area contributed by atoms with Gasteiger partial charge in [-0.05, 0) is 12.1 Å². The summed E-state index contributed by atoms with van der Waals surface area (Å²) in [5, 5.41) is 3.05. The lowest BCUT2D eigenvalue weighted by Crippen LogP contribution is -2.49. The number of hydrogen-bond donors (Lipinski definition) is 1. The Morgan fingerprint density at radius 2 is 1.85 bits per heavy atom. The van der Waals surface area contributed by atoms with Gasteiger partial charge >= 0.3 is 0 Å². The van der Waals surface area contributed by atoms with Crippen LogP contribution >= 0.6 is 0 Å². The number of hydrogen-bond acceptors (Lipinski definition) is 4. The van der Waals surface area contributed by atoms with Gasteiger partial charge in [0.25, 0.3) is 0 Å². The molecule has 0 aliphatic carbocycles. The average Bonchev–Trinajstić information content (AvgIpc) is 2.40. The van der Waals surface area contributed by atoms with Gasteiger partial charge in [-0.2, -0.15) is 4.31 Å². The fourth-order valence-electron chi connectivity index (χ4n) is 2.24. The van der Waals surface area contributed by atoms with Crippen molar-refractivity contribution in [2.24, 2.45) is 0 Å². The van der Waals surface area contributed by atoms with Crippen LogP contribution in [-0.2, 0) is 10.0 Å². The molecule has 2 rings (SSSR count). The molecule has 1 N–H and O–H groups in total. The summed E-state index contributed by atoms with van der Waals surface area (Å²) in [6.07, 6.45) is 1.24. The molecule has 0 unspecified atom stereocenters. The van der Waals surface area contributed by atoms with E-state index in [1.807, 2.05) is 0 Å². The van der Waals surface area contributed by atoms with Gasteiger partial charge in [0.15, 0.2) is 0 Å². The van der Waals surface area contributed by atoms with Gasteiger partial charge in [0.2, 0.25) is 10.0 Å². The first kappa shape index (κ1) is 15.2. The van der Waals surface area contributed by atoms with Crippen molar-refractivity contribution in [2.45, 2.75) is 0 Å². The predicted molar refractivity (Wildman–Crippen MR) is 77.7 cm³/mol. The molecule has 1 aromatic rings. The third kappa shape index (κ3) is 4.16. The number of nitrogens with one attached hydrogen (secondary N) is 1. The molecular formula is C13H20FN3O2S. The Balaban J connectivity index is 1.73. The molecule has 7 heteroatoms. The van der Waals surface area contributed by atoms with Gasteiger partial charge in [0, 0.05) is 39.3 Å². The molecule has 1 aliphatic rings. The summed E-state index contributed by atoms with van der Waals surface area (Å²) in [5.74, 6) is -0.255. The number of sulfonamides is 1. The van der Waals surface area contributed by atoms with E-state index in [1.165, 1.54) is 16.6 Å². The van der Waals surface area contributed by atoms with E-state index in [9.17, 15) is 12.8 Å². The molecule has 1 aliphatic heterocycles. The summed E-state index contributed by atoms with van der Waals surface area (Å²) in [5.41, 5.74) is 0.502. The van der Waals surface area contributed by atoms with E-state index in [-0.39, 0.29) is 5.82 Å². The van der Waals surface area contributed by atoms with Gasteiger partial charge < -0.3 is 5.32 Å². The zero-order valence-electron chi connectivity index (χ0n) is 11.5. The van der Waals surface area contributed by atoms with Crippen molar-refractivity contribution in [3.05, 3.63) is 30.1 Å². The minimum atomic E-state index is -3.08. The summed E-state index contributed by atoms with van der Waals surface area (Å²) in [6.45, 7) is 3.89. The monoisotopic (exact) mass is 301 g/mol. The minimum absolute atomic E-state index is 0.255. The van der Waals surface area contributed by atoms with Crippen LogP contribution in [0.3, 0.4) is 0 Å². The molecular weight excluding hydrogens is 281 g/mol. The van der Waals surface area contributed by atoms with Gasteiger partial charge in [-0.1, -0.05) is 12.1 Å². The maximum atomic E-state index is 13.4. The largest absolute Gasteiger partial charge is 0.381 e. The van der Waals surface area contributed by atoms with Gasteiger partial charge in [-0.25, -0.2) is 12.8 Å². The van der Waals surface area contributed by atoms with E-state index >= 15 is 0 Å². The molecule has 112 valence electrons. The maximum Gasteiger partial charge on any atom is 0.211 e. The van der Waals surface area contributed by atoms with Gasteiger partial charge in [0.1, 0.15) is 5.82 Å². The molecule has 0 aromatic heterocycles. The van der Waals surface area contributed by atoms with Gasteiger partial charge in [-0.15, -0.1) is 0 Å². The smallest absolute Gasteiger partial charge is 0.211 e. The number of nitrogens with zero attached hydrogens (tertiary/aromatic N) is 2. The predicted octanol–water partition coefficient (Wildman–Crippen LogP) is 0.815. The van der Waals surface area contributed by atoms with Crippen molar-refractivity contribution >= 4 is 15.7 Å². The first-order valence-electron chi connectivity index (χ1n) is 6.63. The second kappa shape index (κ2) is 6.51. The van der Waals surface area contributed by atoms with Crippen molar-refractivity contribution in [1.29, 1.82) is 0 Å². The van der Waals surface area contributed by atoms with E-state index < -0.39 is 10.0 Å². The van der Waals surface area contributed by atoms with E-state index in [0.717, 1.165) is 6.54 Å². The highest BCUT2D eigenvalue weighted by atomic mass is 32.2. The molecule has 1 heterocycles. The highest BCUT2D eigenvalue weighted by molar-refractivity contribution is 7.88. The Morgan fingerprint density at radius 1 is 1.20 bits per heavy atom. The van der Waals surface area contributed by atoms with E-state index in [0.29, 0.717) is 38.4 Å². The normalized spacial score (nSPS) is 18.1. The first-order chi connectivity index (χ1) is 9.47. The third-order valence-corrected chi connectivity index (χ3v) is 4.72. The maximum absolute atomic E-state index is 13.4. The second-order valence-corrected chi connectivity index (χ2v) is 6.89. The molecule has 0 amide bonds. The lowest BCUT2D eigenvalue weighted by Gasteiger charge is -2.33. The first-order valence-corrected chi connectivity index (χ1v) is 8.47. The fraction of sp³-hybridized carbons (Fsp3) is 0.538. The highest BCUT2D eigenvalue weighted by Crippen LogP contribution is 2.12. The SMILES string of the molecule is CS(=O)(=O)N1CCN(CCNc2ccccc2F)CC1. The van der Waals surface area contributed by atoms with Crippen LogP contribution in [0, 0.1) is 5.82 Å². The molecule has 0 spiro atoms. The Morgan fingerprint density at radius 3 is 2.45 bits per heavy atom. The van der Waals surface area contributed by atoms with Crippen LogP contribution in [-0.4, -0.2) is 63.1 Å². The Bertz CT molecular complexity index is 542. The van der Waals surface area contributed by atoms with Crippen LogP contribution in [0.4, 0.5) is 10.1 Å². The number of piperazine rings is 1. The van der Waals surface area contributed by atoms with Gasteiger partial charge in [-0.3, -0.25) is 4.90 Å². The Labute approximate surface area is 119 Å². The number of halogens is 1. The topological polar surface area (TPSA) is 52.7 Å². The summed E-state index contributed by atoms with van der Waals surface area (Å²) in [4.78, 5) is 2.18. The van der Waals surface area contributed by atoms with Crippen molar-refractivity contribution in [2.75, 3.05) is 50.8 Å². The van der Waals surface area contributed by atoms with Gasteiger partial charge in [0.05, 0.1) is 11.9 Å². The van der Waals surface area contributed by atoms with E-state index in [4.69, 9.17) is 0 Å². The van der Waals surface area contributed by atoms with Crippen molar-refractivity contribution in [3.8, 4) is 0 Å². The molecule has 0 bridgehead atoms. The quantitative estimate of drug-likeness (QED) is 0.875. The summed E-state index contributed by atoms with van der Waals surface area (Å²) in [6, 6.07) is 6.57. The van der Waals surface area contributed by atoms with Crippen LogP contribution in [0.15, 0.2) is 24.3 Å². The minimum Gasteiger partial charge on any atom is -0.381 e. The molecule has 20 heavy (non-hydrogen) atoms. The zero-order chi connectivity index (χ0) is 14.6. The fourth-order valence-corrected chi connectivity index (χ4v) is 3.06. The number of anilines is 1. The average molecular weight is 301 g/mol. The number of rotatable bonds is 5. The Hall–Kier alpha value is -1.18. The molecule has 1 aromatic carbocycles. The lowest BCUT2D eigenvalue weighted by molar-refractivity contribution is 0.195. The molecule has 1 fully saturated rings. The molecule has 0 atom stereocenters. The molecule has 0 radical (unpaired) electrons. The van der Waals surface area contributed by atoms with Crippen LogP contribution in [0.25, 0.3) is 0 Å². The molecule has 1 saturated heterocycles. The van der Waals surface area contributed by atoms with Crippen molar-refractivity contribution in [3.63, 3.8) is 0 Å². The van der Waals surface area contributed by atoms with Crippen LogP contribution in [0.1, 0.15) is 0 Å². The summed E-state index contributed by atoms with van der Waals surface area (Å²) in [7, 11) is -3.08. The lowest BCUT2D eigenvalue weighted by atomic mass is 10.3. The van der Waals surface area contributed by atoms with Crippen molar-refractivity contribution in [1.82, 2.24) is 9.21 Å². The molecule has 5 nitrogen and oxygen atoms in total. The summed E-state index contributed by atoms with van der Waals surface area (Å²) >= 11 is 0. The standard InChI is InChI=1S/C13H20FN3O2S/c1-20(18,19)17-10-8-16(9-11-17)7-6-15-13-5-3-2-4-12(13)14/h2-5,15H,6-11H2,1H3. The summed E-state index contributed by atoms with van der Waals surface area (Å²) < 4.78 is 37.6. The van der Waals surface area contributed by atoms with Crippen LogP contribution < -0.4 is 5.32 Å². The zero-order valence-corrected chi connectivity index (χ0v) is 12.4. The van der Waals surface area contributed by atoms with E-state index in [2.05, 4.69) is 10.2 Å². The second-order valence-electron chi connectivity index (χ2n) is 4.91.